The number of nitrogens with one attached hydrogen (secondary N) is 1. The summed E-state index contributed by atoms with van der Waals surface area (Å²) in [5.41, 5.74) is 4.63. The van der Waals surface area contributed by atoms with E-state index < -0.39 is 0 Å². The predicted molar refractivity (Wildman–Crippen MR) is 117 cm³/mol. The predicted octanol–water partition coefficient (Wildman–Crippen LogP) is 4.42. The van der Waals surface area contributed by atoms with Crippen LogP contribution in [0.3, 0.4) is 0 Å². The Hall–Kier alpha value is -3.18. The molecule has 2 N–H and O–H groups in total. The van der Waals surface area contributed by atoms with Crippen LogP contribution in [0.25, 0.3) is 0 Å². The van der Waals surface area contributed by atoms with E-state index in [9.17, 15) is 5.11 Å². The van der Waals surface area contributed by atoms with Crippen molar-refractivity contribution in [1.29, 1.82) is 0 Å². The second kappa shape index (κ2) is 9.09. The van der Waals surface area contributed by atoms with Gasteiger partial charge in [-0.3, -0.25) is 0 Å². The van der Waals surface area contributed by atoms with Crippen molar-refractivity contribution in [1.82, 2.24) is 5.32 Å². The molecule has 1 aliphatic rings. The smallest absolute Gasteiger partial charge is 0.162 e. The fourth-order valence-electron chi connectivity index (χ4n) is 3.94. The van der Waals surface area contributed by atoms with Crippen LogP contribution in [0.5, 0.6) is 23.0 Å². The number of methoxy groups -OCH3 is 2. The highest BCUT2D eigenvalue weighted by Gasteiger charge is 2.23. The van der Waals surface area contributed by atoms with Crippen LogP contribution in [0, 0.1) is 0 Å². The van der Waals surface area contributed by atoms with Gasteiger partial charge in [0.15, 0.2) is 23.0 Å². The molecule has 0 amide bonds. The Morgan fingerprint density at radius 1 is 0.900 bits per heavy atom. The fraction of sp³-hybridized carbons (Fsp3) is 0.280. The van der Waals surface area contributed by atoms with Gasteiger partial charge in [0, 0.05) is 6.04 Å². The molecule has 1 aliphatic heterocycles. The number of hydrogen-bond donors (Lipinski definition) is 2. The van der Waals surface area contributed by atoms with E-state index in [1.165, 1.54) is 11.1 Å². The van der Waals surface area contributed by atoms with Crippen molar-refractivity contribution in [2.75, 3.05) is 20.8 Å². The van der Waals surface area contributed by atoms with Crippen LogP contribution in [0.15, 0.2) is 60.7 Å². The Morgan fingerprint density at radius 2 is 1.70 bits per heavy atom. The molecule has 0 saturated heterocycles. The molecule has 1 atom stereocenters. The maximum Gasteiger partial charge on any atom is 0.162 e. The molecule has 0 aromatic heterocycles. The molecule has 0 saturated carbocycles. The average molecular weight is 405 g/mol. The zero-order valence-corrected chi connectivity index (χ0v) is 17.4. The Morgan fingerprint density at radius 3 is 2.43 bits per heavy atom. The van der Waals surface area contributed by atoms with E-state index in [-0.39, 0.29) is 11.8 Å². The highest BCUT2D eigenvalue weighted by molar-refractivity contribution is 5.50. The summed E-state index contributed by atoms with van der Waals surface area (Å²) in [5.74, 6) is 2.14. The van der Waals surface area contributed by atoms with Gasteiger partial charge >= 0.3 is 0 Å². The first-order valence-corrected chi connectivity index (χ1v) is 10.1. The van der Waals surface area contributed by atoms with Gasteiger partial charge in [-0.2, -0.15) is 0 Å². The molecule has 3 aromatic rings. The van der Waals surface area contributed by atoms with Gasteiger partial charge in [-0.1, -0.05) is 36.4 Å². The van der Waals surface area contributed by atoms with Crippen molar-refractivity contribution in [3.8, 4) is 23.0 Å². The van der Waals surface area contributed by atoms with E-state index in [1.807, 2.05) is 36.4 Å². The van der Waals surface area contributed by atoms with Gasteiger partial charge < -0.3 is 24.6 Å². The molecule has 0 aliphatic carbocycles. The molecule has 5 nitrogen and oxygen atoms in total. The highest BCUT2D eigenvalue weighted by Crippen LogP contribution is 2.37. The lowest BCUT2D eigenvalue weighted by molar-refractivity contribution is 0.283. The van der Waals surface area contributed by atoms with Crippen molar-refractivity contribution in [3.05, 3.63) is 82.9 Å². The van der Waals surface area contributed by atoms with Gasteiger partial charge in [0.05, 0.1) is 14.2 Å². The fourth-order valence-corrected chi connectivity index (χ4v) is 3.94. The lowest BCUT2D eigenvalue weighted by Gasteiger charge is -2.28. The van der Waals surface area contributed by atoms with Crippen LogP contribution in [0.1, 0.15) is 28.3 Å². The molecule has 4 rings (SSSR count). The minimum Gasteiger partial charge on any atom is -0.504 e. The Balaban J connectivity index is 1.59. The number of hydrogen-bond acceptors (Lipinski definition) is 5. The first kappa shape index (κ1) is 20.1. The normalized spacial score (nSPS) is 15.3. The number of ether oxygens (including phenoxy) is 3. The maximum absolute atomic E-state index is 10.1. The molecule has 30 heavy (non-hydrogen) atoms. The van der Waals surface area contributed by atoms with E-state index in [2.05, 4.69) is 17.4 Å². The summed E-state index contributed by atoms with van der Waals surface area (Å²) in [6.07, 6.45) is 1.70. The Labute approximate surface area is 177 Å². The molecule has 0 radical (unpaired) electrons. The lowest BCUT2D eigenvalue weighted by atomic mass is 9.89. The third kappa shape index (κ3) is 4.36. The quantitative estimate of drug-likeness (QED) is 0.609. The van der Waals surface area contributed by atoms with Crippen molar-refractivity contribution < 1.29 is 19.3 Å². The number of aromatic hydroxyl groups is 1. The van der Waals surface area contributed by atoms with Crippen LogP contribution in [-0.4, -0.2) is 25.9 Å². The summed E-state index contributed by atoms with van der Waals surface area (Å²) in [7, 11) is 3.23. The number of benzene rings is 3. The zero-order chi connectivity index (χ0) is 20.9. The summed E-state index contributed by atoms with van der Waals surface area (Å²) >= 11 is 0. The SMILES string of the molecule is COc1ccc(CC2NCCc3cc(OC)c(OCc4ccccc4)cc32)cc1O. The summed E-state index contributed by atoms with van der Waals surface area (Å²) in [5, 5.41) is 13.7. The molecule has 3 aromatic carbocycles. The van der Waals surface area contributed by atoms with Crippen LogP contribution in [0.2, 0.25) is 0 Å². The lowest BCUT2D eigenvalue weighted by Crippen LogP contribution is -2.31. The van der Waals surface area contributed by atoms with Gasteiger partial charge in [-0.15, -0.1) is 0 Å². The topological polar surface area (TPSA) is 60.0 Å². The van der Waals surface area contributed by atoms with Gasteiger partial charge in [0.25, 0.3) is 0 Å². The number of fused-ring (bicyclic) bond motifs is 1. The van der Waals surface area contributed by atoms with E-state index in [1.54, 1.807) is 26.4 Å². The van der Waals surface area contributed by atoms with Gasteiger partial charge in [0.1, 0.15) is 6.61 Å². The Kier molecular flexibility index (Phi) is 6.10. The molecular weight excluding hydrogens is 378 g/mol. The van der Waals surface area contributed by atoms with Crippen molar-refractivity contribution in [2.45, 2.75) is 25.5 Å². The standard InChI is InChI=1S/C25H27NO4/c1-28-23-9-8-18(13-22(23)27)12-21-20-15-25(30-16-17-6-4-3-5-7-17)24(29-2)14-19(20)10-11-26-21/h3-9,13-15,21,26-27H,10-12,16H2,1-2H3. The number of phenolic OH excluding ortho intramolecular Hbond substituents is 1. The first-order chi connectivity index (χ1) is 14.7. The van der Waals surface area contributed by atoms with Crippen LogP contribution in [0.4, 0.5) is 0 Å². The monoisotopic (exact) mass is 405 g/mol. The minimum atomic E-state index is 0.131. The van der Waals surface area contributed by atoms with E-state index in [4.69, 9.17) is 14.2 Å². The minimum absolute atomic E-state index is 0.131. The summed E-state index contributed by atoms with van der Waals surface area (Å²) in [6, 6.07) is 20.0. The molecular formula is C25H27NO4. The van der Waals surface area contributed by atoms with Crippen molar-refractivity contribution in [2.24, 2.45) is 0 Å². The molecule has 0 fully saturated rings. The molecule has 5 heteroatoms. The van der Waals surface area contributed by atoms with Crippen molar-refractivity contribution in [3.63, 3.8) is 0 Å². The van der Waals surface area contributed by atoms with Crippen LogP contribution < -0.4 is 19.5 Å². The maximum atomic E-state index is 10.1. The summed E-state index contributed by atoms with van der Waals surface area (Å²) in [4.78, 5) is 0. The third-order valence-corrected chi connectivity index (χ3v) is 5.51. The number of phenols is 1. The van der Waals surface area contributed by atoms with E-state index >= 15 is 0 Å². The summed E-state index contributed by atoms with van der Waals surface area (Å²) in [6.45, 7) is 1.38. The van der Waals surface area contributed by atoms with E-state index in [0.29, 0.717) is 12.4 Å². The highest BCUT2D eigenvalue weighted by atomic mass is 16.5. The van der Waals surface area contributed by atoms with Gasteiger partial charge in [-0.05, 0) is 65.9 Å². The largest absolute Gasteiger partial charge is 0.504 e. The van der Waals surface area contributed by atoms with Gasteiger partial charge in [-0.25, -0.2) is 0 Å². The summed E-state index contributed by atoms with van der Waals surface area (Å²) < 4.78 is 16.9. The second-order valence-corrected chi connectivity index (χ2v) is 7.44. The first-order valence-electron chi connectivity index (χ1n) is 10.1. The molecule has 1 heterocycles. The van der Waals surface area contributed by atoms with E-state index in [0.717, 1.165) is 42.0 Å². The second-order valence-electron chi connectivity index (χ2n) is 7.44. The molecule has 156 valence electrons. The zero-order valence-electron chi connectivity index (χ0n) is 17.4. The van der Waals surface area contributed by atoms with Crippen LogP contribution in [-0.2, 0) is 19.4 Å². The third-order valence-electron chi connectivity index (χ3n) is 5.51. The average Bonchev–Trinajstić information content (AvgIpc) is 2.78. The van der Waals surface area contributed by atoms with Gasteiger partial charge in [0.2, 0.25) is 0 Å². The van der Waals surface area contributed by atoms with Crippen molar-refractivity contribution >= 4 is 0 Å². The van der Waals surface area contributed by atoms with Crippen LogP contribution >= 0.6 is 0 Å². The molecule has 0 spiro atoms. The number of rotatable bonds is 7. The Bertz CT molecular complexity index is 1000. The molecule has 0 bridgehead atoms. The molecule has 1 unspecified atom stereocenters.